The summed E-state index contributed by atoms with van der Waals surface area (Å²) in [6.45, 7) is 3.40. The van der Waals surface area contributed by atoms with Crippen LogP contribution in [-0.4, -0.2) is 30.3 Å². The Bertz CT molecular complexity index is 1260. The zero-order chi connectivity index (χ0) is 22.2. The van der Waals surface area contributed by atoms with Gasteiger partial charge < -0.3 is 0 Å². The number of nitrogens with zero attached hydrogens (tertiary/aromatic N) is 5. The molecular weight excluding hydrogens is 429 g/mol. The molecule has 0 saturated heterocycles. The van der Waals surface area contributed by atoms with Crippen LogP contribution in [0.2, 0.25) is 0 Å². The molecule has 0 bridgehead atoms. The average Bonchev–Trinajstić information content (AvgIpc) is 3.34. The van der Waals surface area contributed by atoms with E-state index in [-0.39, 0.29) is 28.2 Å². The van der Waals surface area contributed by atoms with Crippen molar-refractivity contribution in [1.82, 2.24) is 24.4 Å². The van der Waals surface area contributed by atoms with E-state index < -0.39 is 11.7 Å². The van der Waals surface area contributed by atoms with Crippen LogP contribution in [0, 0.1) is 13.8 Å². The highest BCUT2D eigenvalue weighted by Crippen LogP contribution is 2.34. The minimum Gasteiger partial charge on any atom is -0.297 e. The number of nitrogens with one attached hydrogen (secondary N) is 1. The molecule has 2 heterocycles. The molecule has 11 heteroatoms. The van der Waals surface area contributed by atoms with Crippen molar-refractivity contribution in [2.75, 3.05) is 5.32 Å². The predicted molar refractivity (Wildman–Crippen MR) is 109 cm³/mol. The summed E-state index contributed by atoms with van der Waals surface area (Å²) in [6.07, 6.45) is -4.54. The summed E-state index contributed by atoms with van der Waals surface area (Å²) in [5.74, 6) is -0.168. The number of rotatable bonds is 4. The van der Waals surface area contributed by atoms with Crippen molar-refractivity contribution < 1.29 is 18.0 Å². The van der Waals surface area contributed by atoms with Gasteiger partial charge in [-0.05, 0) is 37.6 Å². The monoisotopic (exact) mass is 444 g/mol. The highest BCUT2D eigenvalue weighted by molar-refractivity contribution is 7.10. The Hall–Kier alpha value is -3.60. The predicted octanol–water partition coefficient (Wildman–Crippen LogP) is 4.67. The molecule has 0 aliphatic rings. The number of amides is 1. The van der Waals surface area contributed by atoms with Gasteiger partial charge in [0, 0.05) is 17.1 Å². The molecule has 0 aliphatic carbocycles. The number of aryl methyl sites for hydroxylation is 1. The van der Waals surface area contributed by atoms with Crippen LogP contribution < -0.4 is 5.32 Å². The largest absolute Gasteiger partial charge is 0.418 e. The number of hydrogen-bond donors (Lipinski definition) is 1. The third-order valence-corrected chi connectivity index (χ3v) is 5.21. The van der Waals surface area contributed by atoms with Gasteiger partial charge >= 0.3 is 6.18 Å². The van der Waals surface area contributed by atoms with E-state index in [2.05, 4.69) is 25.0 Å². The maximum absolute atomic E-state index is 13.4. The zero-order valence-corrected chi connectivity index (χ0v) is 17.1. The normalized spacial score (nSPS) is 11.5. The molecule has 0 atom stereocenters. The van der Waals surface area contributed by atoms with Gasteiger partial charge in [0.25, 0.3) is 5.91 Å². The van der Waals surface area contributed by atoms with E-state index in [4.69, 9.17) is 0 Å². The Morgan fingerprint density at radius 2 is 1.77 bits per heavy atom. The van der Waals surface area contributed by atoms with Crippen LogP contribution >= 0.6 is 11.5 Å². The summed E-state index contributed by atoms with van der Waals surface area (Å²) in [6, 6.07) is 12.2. The van der Waals surface area contributed by atoms with Crippen LogP contribution in [0.1, 0.15) is 27.2 Å². The molecule has 0 aliphatic heterocycles. The Balaban J connectivity index is 1.63. The van der Waals surface area contributed by atoms with Crippen molar-refractivity contribution in [1.29, 1.82) is 0 Å². The number of hydrogen-bond acceptors (Lipinski definition) is 6. The van der Waals surface area contributed by atoms with Gasteiger partial charge in [0.05, 0.1) is 16.9 Å². The molecule has 0 radical (unpaired) electrons. The number of alkyl halides is 3. The Labute approximate surface area is 178 Å². The first-order valence-electron chi connectivity index (χ1n) is 9.05. The van der Waals surface area contributed by atoms with Gasteiger partial charge in [0.2, 0.25) is 5.13 Å². The second kappa shape index (κ2) is 7.91. The number of carbonyl (C=O) groups is 1. The summed E-state index contributed by atoms with van der Waals surface area (Å²) < 4.78 is 45.4. The molecular formula is C20H15F3N6OS. The fourth-order valence-corrected chi connectivity index (χ4v) is 3.59. The molecule has 1 amide bonds. The van der Waals surface area contributed by atoms with Gasteiger partial charge in [-0.3, -0.25) is 10.1 Å². The van der Waals surface area contributed by atoms with Crippen molar-refractivity contribution in [3.05, 3.63) is 70.9 Å². The van der Waals surface area contributed by atoms with Gasteiger partial charge in [-0.2, -0.15) is 22.5 Å². The second-order valence-corrected chi connectivity index (χ2v) is 7.39. The fraction of sp³-hybridized carbons (Fsp3) is 0.150. The van der Waals surface area contributed by atoms with Crippen molar-refractivity contribution in [3.8, 4) is 17.2 Å². The lowest BCUT2D eigenvalue weighted by molar-refractivity contribution is -0.137. The highest BCUT2D eigenvalue weighted by atomic mass is 32.1. The lowest BCUT2D eigenvalue weighted by Crippen LogP contribution is -2.13. The third kappa shape index (κ3) is 4.04. The molecule has 158 valence electrons. The summed E-state index contributed by atoms with van der Waals surface area (Å²) in [4.78, 5) is 16.7. The maximum Gasteiger partial charge on any atom is 0.418 e. The zero-order valence-electron chi connectivity index (χ0n) is 16.3. The van der Waals surface area contributed by atoms with E-state index in [0.717, 1.165) is 27.8 Å². The Kier molecular flexibility index (Phi) is 5.27. The van der Waals surface area contributed by atoms with Gasteiger partial charge in [0.15, 0.2) is 11.5 Å². The van der Waals surface area contributed by atoms with Gasteiger partial charge in [-0.1, -0.05) is 35.5 Å². The first kappa shape index (κ1) is 20.7. The summed E-state index contributed by atoms with van der Waals surface area (Å²) in [7, 11) is 0. The number of benzene rings is 2. The summed E-state index contributed by atoms with van der Waals surface area (Å²) >= 11 is 0.944. The van der Waals surface area contributed by atoms with Crippen LogP contribution in [0.25, 0.3) is 17.2 Å². The minimum atomic E-state index is -4.54. The summed E-state index contributed by atoms with van der Waals surface area (Å²) in [5.41, 5.74) is 0.911. The number of carbonyl (C=O) groups excluding carboxylic acids is 1. The molecule has 0 unspecified atom stereocenters. The minimum absolute atomic E-state index is 0.144. The van der Waals surface area contributed by atoms with E-state index in [0.29, 0.717) is 11.3 Å². The van der Waals surface area contributed by atoms with Crippen molar-refractivity contribution in [2.45, 2.75) is 20.0 Å². The number of aromatic nitrogens is 5. The Morgan fingerprint density at radius 3 is 2.52 bits per heavy atom. The van der Waals surface area contributed by atoms with Crippen LogP contribution in [0.5, 0.6) is 0 Å². The number of para-hydroxylation sites is 1. The molecule has 2 aromatic heterocycles. The van der Waals surface area contributed by atoms with Gasteiger partial charge in [-0.25, -0.2) is 4.68 Å². The van der Waals surface area contributed by atoms with Gasteiger partial charge in [-0.15, -0.1) is 5.10 Å². The number of anilines is 1. The SMILES string of the molecule is Cc1ccccc1C(=O)Nc1nc(-c2nnn(-c3ccccc3C(F)(F)F)c2C)ns1. The Morgan fingerprint density at radius 1 is 1.06 bits per heavy atom. The first-order chi connectivity index (χ1) is 14.8. The molecule has 0 saturated carbocycles. The highest BCUT2D eigenvalue weighted by Gasteiger charge is 2.34. The quantitative estimate of drug-likeness (QED) is 0.494. The molecule has 4 rings (SSSR count). The maximum atomic E-state index is 13.4. The molecule has 0 fully saturated rings. The molecule has 7 nitrogen and oxygen atoms in total. The van der Waals surface area contributed by atoms with Gasteiger partial charge in [0.1, 0.15) is 0 Å². The standard InChI is InChI=1S/C20H15F3N6OS/c1-11-7-3-4-8-13(11)18(30)25-19-24-17(27-31-19)16-12(2)29(28-26-16)15-10-6-5-9-14(15)20(21,22)23/h3-10H,1-2H3,(H,24,25,27,30). The van der Waals surface area contributed by atoms with E-state index in [1.165, 1.54) is 18.2 Å². The van der Waals surface area contributed by atoms with Crippen LogP contribution in [0.4, 0.5) is 18.3 Å². The van der Waals surface area contributed by atoms with Crippen LogP contribution in [0.3, 0.4) is 0 Å². The second-order valence-electron chi connectivity index (χ2n) is 6.64. The first-order valence-corrected chi connectivity index (χ1v) is 9.83. The van der Waals surface area contributed by atoms with Crippen LogP contribution in [0.15, 0.2) is 48.5 Å². The summed E-state index contributed by atoms with van der Waals surface area (Å²) in [5, 5.41) is 10.8. The van der Waals surface area contributed by atoms with E-state index in [9.17, 15) is 18.0 Å². The van der Waals surface area contributed by atoms with Crippen molar-refractivity contribution in [2.24, 2.45) is 0 Å². The topological polar surface area (TPSA) is 85.6 Å². The molecule has 1 N–H and O–H groups in total. The molecule has 2 aromatic carbocycles. The number of halogens is 3. The van der Waals surface area contributed by atoms with Crippen LogP contribution in [-0.2, 0) is 6.18 Å². The fourth-order valence-electron chi connectivity index (χ4n) is 3.03. The van der Waals surface area contributed by atoms with Crippen molar-refractivity contribution in [3.63, 3.8) is 0 Å². The lowest BCUT2D eigenvalue weighted by atomic mass is 10.1. The lowest BCUT2D eigenvalue weighted by Gasteiger charge is -2.12. The smallest absolute Gasteiger partial charge is 0.297 e. The van der Waals surface area contributed by atoms with E-state index in [1.807, 2.05) is 19.1 Å². The molecule has 31 heavy (non-hydrogen) atoms. The van der Waals surface area contributed by atoms with Crippen molar-refractivity contribution >= 4 is 22.6 Å². The van der Waals surface area contributed by atoms with E-state index >= 15 is 0 Å². The average molecular weight is 444 g/mol. The van der Waals surface area contributed by atoms with E-state index in [1.54, 1.807) is 19.1 Å². The molecule has 0 spiro atoms. The third-order valence-electron chi connectivity index (χ3n) is 4.58. The molecule has 4 aromatic rings.